The molecule has 0 amide bonds. The van der Waals surface area contributed by atoms with E-state index in [9.17, 15) is 13.4 Å². The lowest BCUT2D eigenvalue weighted by Crippen LogP contribution is -2.01. The maximum atomic E-state index is 14.0. The van der Waals surface area contributed by atoms with E-state index in [0.29, 0.717) is 16.8 Å². The normalized spacial score (nSPS) is 13.0. The van der Waals surface area contributed by atoms with Crippen molar-refractivity contribution in [3.63, 3.8) is 0 Å². The number of aromatic nitrogens is 1. The summed E-state index contributed by atoms with van der Waals surface area (Å²) >= 11 is 0. The van der Waals surface area contributed by atoms with Crippen LogP contribution in [-0.4, -0.2) is 26.5 Å². The van der Waals surface area contributed by atoms with Gasteiger partial charge >= 0.3 is 5.97 Å². The molecule has 0 aliphatic carbocycles. The maximum Gasteiger partial charge on any atom is 0.354 e. The van der Waals surface area contributed by atoms with Gasteiger partial charge in [0.25, 0.3) is 0 Å². The SMILES string of the molecule is CS(=O)(=Nc1ccccc1-c1ccc(C(=O)O)nc1)c1ccccc1F. The minimum absolute atomic E-state index is 0.0363. The summed E-state index contributed by atoms with van der Waals surface area (Å²) in [5, 5.41) is 8.95. The summed E-state index contributed by atoms with van der Waals surface area (Å²) in [5.74, 6) is -1.70. The Bertz CT molecular complexity index is 1090. The van der Waals surface area contributed by atoms with Crippen molar-refractivity contribution in [2.75, 3.05) is 6.26 Å². The lowest BCUT2D eigenvalue weighted by molar-refractivity contribution is 0.0690. The first-order chi connectivity index (χ1) is 12.4. The van der Waals surface area contributed by atoms with Crippen LogP contribution in [-0.2, 0) is 9.73 Å². The van der Waals surface area contributed by atoms with Crippen molar-refractivity contribution >= 4 is 21.4 Å². The summed E-state index contributed by atoms with van der Waals surface area (Å²) < 4.78 is 31.3. The summed E-state index contributed by atoms with van der Waals surface area (Å²) in [7, 11) is -3.01. The molecule has 0 spiro atoms. The number of carbonyl (C=O) groups is 1. The van der Waals surface area contributed by atoms with Gasteiger partial charge in [-0.1, -0.05) is 36.4 Å². The van der Waals surface area contributed by atoms with E-state index < -0.39 is 21.5 Å². The Morgan fingerprint density at radius 3 is 2.42 bits per heavy atom. The molecular formula is C19H15FN2O3S. The number of halogens is 1. The van der Waals surface area contributed by atoms with Crippen LogP contribution >= 0.6 is 0 Å². The van der Waals surface area contributed by atoms with Gasteiger partial charge in [0.1, 0.15) is 11.5 Å². The molecule has 2 aromatic carbocycles. The van der Waals surface area contributed by atoms with Crippen LogP contribution in [0, 0.1) is 5.82 Å². The van der Waals surface area contributed by atoms with Crippen molar-refractivity contribution in [1.82, 2.24) is 4.98 Å². The Labute approximate surface area is 150 Å². The maximum absolute atomic E-state index is 14.0. The van der Waals surface area contributed by atoms with Crippen molar-refractivity contribution < 1.29 is 18.5 Å². The summed E-state index contributed by atoms with van der Waals surface area (Å²) in [4.78, 5) is 14.9. The van der Waals surface area contributed by atoms with E-state index in [1.54, 1.807) is 36.4 Å². The Balaban J connectivity index is 2.12. The predicted molar refractivity (Wildman–Crippen MR) is 97.5 cm³/mol. The molecule has 3 aromatic rings. The quantitative estimate of drug-likeness (QED) is 0.739. The number of nitrogens with zero attached hydrogens (tertiary/aromatic N) is 2. The first kappa shape index (κ1) is 17.8. The van der Waals surface area contributed by atoms with Gasteiger partial charge in [-0.15, -0.1) is 0 Å². The molecule has 1 atom stereocenters. The fourth-order valence-corrected chi connectivity index (χ4v) is 3.86. The number of carboxylic acids is 1. The van der Waals surface area contributed by atoms with Crippen molar-refractivity contribution in [3.8, 4) is 11.1 Å². The molecule has 7 heteroatoms. The zero-order chi connectivity index (χ0) is 18.7. The molecule has 1 N–H and O–H groups in total. The topological polar surface area (TPSA) is 79.6 Å². The molecular weight excluding hydrogens is 355 g/mol. The van der Waals surface area contributed by atoms with Crippen LogP contribution in [0.5, 0.6) is 0 Å². The molecule has 0 saturated carbocycles. The third-order valence-corrected chi connectivity index (χ3v) is 5.41. The molecule has 0 radical (unpaired) electrons. The third-order valence-electron chi connectivity index (χ3n) is 3.71. The van der Waals surface area contributed by atoms with Crippen LogP contribution in [0.2, 0.25) is 0 Å². The standard InChI is InChI=1S/C19H15FN2O3S/c1-26(25,18-9-5-3-7-15(18)20)22-16-8-4-2-6-14(16)13-10-11-17(19(23)24)21-12-13/h2-12H,1H3,(H,23,24). The van der Waals surface area contributed by atoms with Gasteiger partial charge in [-0.3, -0.25) is 0 Å². The largest absolute Gasteiger partial charge is 0.477 e. The van der Waals surface area contributed by atoms with Gasteiger partial charge in [0.15, 0.2) is 0 Å². The highest BCUT2D eigenvalue weighted by molar-refractivity contribution is 7.93. The Hall–Kier alpha value is -3.06. The molecule has 5 nitrogen and oxygen atoms in total. The fraction of sp³-hybridized carbons (Fsp3) is 0.0526. The number of hydrogen-bond donors (Lipinski definition) is 1. The van der Waals surface area contributed by atoms with Crippen LogP contribution in [0.3, 0.4) is 0 Å². The average Bonchev–Trinajstić information content (AvgIpc) is 2.62. The Morgan fingerprint density at radius 2 is 1.77 bits per heavy atom. The summed E-state index contributed by atoms with van der Waals surface area (Å²) in [5.41, 5.74) is 1.59. The smallest absolute Gasteiger partial charge is 0.354 e. The molecule has 0 bridgehead atoms. The van der Waals surface area contributed by atoms with E-state index in [-0.39, 0.29) is 10.6 Å². The van der Waals surface area contributed by atoms with E-state index >= 15 is 0 Å². The highest BCUT2D eigenvalue weighted by atomic mass is 32.2. The van der Waals surface area contributed by atoms with Crippen LogP contribution in [0.25, 0.3) is 11.1 Å². The number of rotatable bonds is 4. The van der Waals surface area contributed by atoms with Crippen LogP contribution in [0.4, 0.5) is 10.1 Å². The van der Waals surface area contributed by atoms with Gasteiger partial charge < -0.3 is 5.11 Å². The molecule has 26 heavy (non-hydrogen) atoms. The van der Waals surface area contributed by atoms with Crippen LogP contribution in [0.15, 0.2) is 76.1 Å². The monoisotopic (exact) mass is 370 g/mol. The fourth-order valence-electron chi connectivity index (χ4n) is 2.47. The van der Waals surface area contributed by atoms with E-state index in [0.717, 1.165) is 0 Å². The number of carboxylic acid groups (broad SMARTS) is 1. The highest BCUT2D eigenvalue weighted by Gasteiger charge is 2.14. The van der Waals surface area contributed by atoms with Crippen LogP contribution in [0.1, 0.15) is 10.5 Å². The first-order valence-electron chi connectivity index (χ1n) is 7.64. The second kappa shape index (κ2) is 7.05. The lowest BCUT2D eigenvalue weighted by Gasteiger charge is -2.09. The second-order valence-electron chi connectivity index (χ2n) is 5.58. The Morgan fingerprint density at radius 1 is 1.08 bits per heavy atom. The second-order valence-corrected chi connectivity index (χ2v) is 7.81. The van der Waals surface area contributed by atoms with Gasteiger partial charge in [-0.25, -0.2) is 18.4 Å². The predicted octanol–water partition coefficient (Wildman–Crippen LogP) is 4.37. The number of hydrogen-bond acceptors (Lipinski definition) is 4. The molecule has 1 heterocycles. The van der Waals surface area contributed by atoms with Crippen molar-refractivity contribution in [3.05, 3.63) is 78.4 Å². The molecule has 1 unspecified atom stereocenters. The number of benzene rings is 2. The van der Waals surface area contributed by atoms with Gasteiger partial charge in [-0.05, 0) is 24.3 Å². The molecule has 0 saturated heterocycles. The van der Waals surface area contributed by atoms with E-state index in [4.69, 9.17) is 5.11 Å². The van der Waals surface area contributed by atoms with Crippen molar-refractivity contribution in [2.45, 2.75) is 4.90 Å². The zero-order valence-corrected chi connectivity index (χ0v) is 14.6. The van der Waals surface area contributed by atoms with Crippen molar-refractivity contribution in [2.24, 2.45) is 4.36 Å². The molecule has 1 aromatic heterocycles. The first-order valence-corrected chi connectivity index (χ1v) is 9.56. The van der Waals surface area contributed by atoms with Gasteiger partial charge in [-0.2, -0.15) is 4.36 Å². The summed E-state index contributed by atoms with van der Waals surface area (Å²) in [6, 6.07) is 15.8. The molecule has 0 fully saturated rings. The molecule has 132 valence electrons. The molecule has 0 aliphatic heterocycles. The summed E-state index contributed by atoms with van der Waals surface area (Å²) in [6.45, 7) is 0. The van der Waals surface area contributed by atoms with Crippen molar-refractivity contribution in [1.29, 1.82) is 0 Å². The minimum atomic E-state index is -3.01. The third kappa shape index (κ3) is 3.62. The minimum Gasteiger partial charge on any atom is -0.477 e. The van der Waals surface area contributed by atoms with E-state index in [1.165, 1.54) is 36.7 Å². The summed E-state index contributed by atoms with van der Waals surface area (Å²) in [6.07, 6.45) is 2.80. The lowest BCUT2D eigenvalue weighted by atomic mass is 10.1. The van der Waals surface area contributed by atoms with Gasteiger partial charge in [0.2, 0.25) is 0 Å². The van der Waals surface area contributed by atoms with Gasteiger partial charge in [0.05, 0.1) is 20.3 Å². The average molecular weight is 370 g/mol. The van der Waals surface area contributed by atoms with E-state index in [2.05, 4.69) is 9.35 Å². The number of aromatic carboxylic acids is 1. The number of pyridine rings is 1. The van der Waals surface area contributed by atoms with Gasteiger partial charge in [0, 0.05) is 23.6 Å². The Kier molecular flexibility index (Phi) is 4.81. The molecule has 3 rings (SSSR count). The molecule has 0 aliphatic rings. The van der Waals surface area contributed by atoms with Crippen LogP contribution < -0.4 is 0 Å². The zero-order valence-electron chi connectivity index (χ0n) is 13.8. The highest BCUT2D eigenvalue weighted by Crippen LogP contribution is 2.32. The van der Waals surface area contributed by atoms with E-state index in [1.807, 2.05) is 0 Å².